The van der Waals surface area contributed by atoms with Crippen molar-refractivity contribution in [2.24, 2.45) is 0 Å². The Labute approximate surface area is 158 Å². The van der Waals surface area contributed by atoms with Gasteiger partial charge in [-0.3, -0.25) is 9.59 Å². The maximum atomic E-state index is 12.3. The van der Waals surface area contributed by atoms with Crippen molar-refractivity contribution in [2.45, 2.75) is 13.1 Å². The van der Waals surface area contributed by atoms with Gasteiger partial charge in [-0.1, -0.05) is 40.9 Å². The Morgan fingerprint density at radius 3 is 2.48 bits per heavy atom. The molecule has 1 heterocycles. The fourth-order valence-corrected chi connectivity index (χ4v) is 3.14. The second-order valence-electron chi connectivity index (χ2n) is 5.48. The number of amides is 1. The first-order valence-corrected chi connectivity index (χ1v) is 8.57. The van der Waals surface area contributed by atoms with Crippen molar-refractivity contribution in [3.63, 3.8) is 0 Å². The van der Waals surface area contributed by atoms with Gasteiger partial charge in [0.1, 0.15) is 6.54 Å². The highest BCUT2D eigenvalue weighted by Gasteiger charge is 2.09. The largest absolute Gasteiger partial charge is 0.350 e. The number of hydrogen-bond acceptors (Lipinski definition) is 2. The van der Waals surface area contributed by atoms with Crippen LogP contribution in [0, 0.1) is 0 Å². The molecule has 2 aromatic carbocycles. The molecule has 128 valence electrons. The van der Waals surface area contributed by atoms with Gasteiger partial charge in [0.05, 0.1) is 5.52 Å². The smallest absolute Gasteiger partial charge is 0.240 e. The van der Waals surface area contributed by atoms with E-state index in [0.717, 1.165) is 5.56 Å². The van der Waals surface area contributed by atoms with Crippen molar-refractivity contribution < 1.29 is 4.79 Å². The van der Waals surface area contributed by atoms with E-state index in [2.05, 4.69) is 5.32 Å². The molecule has 7 heteroatoms. The summed E-state index contributed by atoms with van der Waals surface area (Å²) < 4.78 is 1.70. The van der Waals surface area contributed by atoms with Crippen LogP contribution in [0.15, 0.2) is 53.5 Å². The van der Waals surface area contributed by atoms with Gasteiger partial charge in [-0.05, 0) is 35.9 Å². The fraction of sp³-hybridized carbons (Fsp3) is 0.111. The Bertz CT molecular complexity index is 1010. The number of carbonyl (C=O) groups is 1. The third-order valence-corrected chi connectivity index (χ3v) is 4.57. The molecule has 3 rings (SSSR count). The van der Waals surface area contributed by atoms with Crippen LogP contribution in [0.25, 0.3) is 10.9 Å². The molecule has 0 saturated carbocycles. The topological polar surface area (TPSA) is 51.1 Å². The van der Waals surface area contributed by atoms with Crippen molar-refractivity contribution in [3.8, 4) is 0 Å². The summed E-state index contributed by atoms with van der Waals surface area (Å²) >= 11 is 17.9. The molecular formula is C18H13Cl3N2O2. The van der Waals surface area contributed by atoms with Gasteiger partial charge in [0.25, 0.3) is 0 Å². The standard InChI is InChI=1S/C18H13Cl3N2O2/c19-12-3-4-16-14(7-12)17(24)5-6-23(16)10-18(25)22-9-11-1-2-13(20)8-15(11)21/h1-8H,9-10H2,(H,22,25). The highest BCUT2D eigenvalue weighted by molar-refractivity contribution is 6.35. The molecule has 0 aliphatic carbocycles. The maximum Gasteiger partial charge on any atom is 0.240 e. The monoisotopic (exact) mass is 394 g/mol. The number of pyridine rings is 1. The SMILES string of the molecule is O=C(Cn1ccc(=O)c2cc(Cl)ccc21)NCc1ccc(Cl)cc1Cl. The van der Waals surface area contributed by atoms with Gasteiger partial charge < -0.3 is 9.88 Å². The minimum atomic E-state index is -0.203. The van der Waals surface area contributed by atoms with Crippen molar-refractivity contribution in [3.05, 3.63) is 79.5 Å². The van der Waals surface area contributed by atoms with Gasteiger partial charge in [-0.25, -0.2) is 0 Å². The summed E-state index contributed by atoms with van der Waals surface area (Å²) in [6.45, 7) is 0.364. The number of halogens is 3. The third-order valence-electron chi connectivity index (χ3n) is 3.74. The summed E-state index contributed by atoms with van der Waals surface area (Å²) in [6, 6.07) is 11.5. The first-order chi connectivity index (χ1) is 11.9. The van der Waals surface area contributed by atoms with Crippen molar-refractivity contribution >= 4 is 51.6 Å². The van der Waals surface area contributed by atoms with E-state index in [0.29, 0.717) is 32.5 Å². The van der Waals surface area contributed by atoms with Crippen LogP contribution in [0.2, 0.25) is 15.1 Å². The van der Waals surface area contributed by atoms with Gasteiger partial charge in [0, 0.05) is 39.3 Å². The van der Waals surface area contributed by atoms with E-state index in [1.54, 1.807) is 47.2 Å². The first-order valence-electron chi connectivity index (χ1n) is 7.43. The predicted octanol–water partition coefficient (Wildman–Crippen LogP) is 4.28. The number of aromatic nitrogens is 1. The molecule has 1 aromatic heterocycles. The van der Waals surface area contributed by atoms with Crippen molar-refractivity contribution in [2.75, 3.05) is 0 Å². The Kier molecular flexibility index (Phi) is 5.33. The minimum Gasteiger partial charge on any atom is -0.350 e. The Balaban J connectivity index is 1.76. The molecule has 0 bridgehead atoms. The lowest BCUT2D eigenvalue weighted by Gasteiger charge is -2.12. The Hall–Kier alpha value is -2.01. The molecule has 1 N–H and O–H groups in total. The van der Waals surface area contributed by atoms with E-state index < -0.39 is 0 Å². The summed E-state index contributed by atoms with van der Waals surface area (Å²) in [5.41, 5.74) is 1.29. The summed E-state index contributed by atoms with van der Waals surface area (Å²) in [5, 5.41) is 4.80. The van der Waals surface area contributed by atoms with E-state index in [1.165, 1.54) is 6.07 Å². The fourth-order valence-electron chi connectivity index (χ4n) is 2.49. The van der Waals surface area contributed by atoms with Crippen LogP contribution >= 0.6 is 34.8 Å². The molecule has 3 aromatic rings. The number of hydrogen-bond donors (Lipinski definition) is 1. The number of nitrogens with zero attached hydrogens (tertiary/aromatic N) is 1. The lowest BCUT2D eigenvalue weighted by molar-refractivity contribution is -0.121. The molecule has 1 amide bonds. The lowest BCUT2D eigenvalue weighted by Crippen LogP contribution is -2.27. The van der Waals surface area contributed by atoms with Crippen LogP contribution in [0.1, 0.15) is 5.56 Å². The minimum absolute atomic E-state index is 0.0730. The molecule has 0 aliphatic rings. The van der Waals surface area contributed by atoms with Gasteiger partial charge in [-0.2, -0.15) is 0 Å². The average Bonchev–Trinajstić information content (AvgIpc) is 2.57. The summed E-state index contributed by atoms with van der Waals surface area (Å²) in [6.07, 6.45) is 1.59. The summed E-state index contributed by atoms with van der Waals surface area (Å²) in [7, 11) is 0. The number of rotatable bonds is 4. The molecule has 0 aliphatic heterocycles. The highest BCUT2D eigenvalue weighted by Crippen LogP contribution is 2.21. The second-order valence-corrected chi connectivity index (χ2v) is 6.76. The number of fused-ring (bicyclic) bond motifs is 1. The molecule has 0 unspecified atom stereocenters. The molecule has 0 atom stereocenters. The maximum absolute atomic E-state index is 12.3. The van der Waals surface area contributed by atoms with Crippen LogP contribution in [0.3, 0.4) is 0 Å². The summed E-state index contributed by atoms with van der Waals surface area (Å²) in [4.78, 5) is 24.2. The van der Waals surface area contributed by atoms with Crippen LogP contribution in [0.5, 0.6) is 0 Å². The van der Waals surface area contributed by atoms with Crippen LogP contribution in [-0.2, 0) is 17.9 Å². The number of carbonyl (C=O) groups excluding carboxylic acids is 1. The van der Waals surface area contributed by atoms with Gasteiger partial charge >= 0.3 is 0 Å². The summed E-state index contributed by atoms with van der Waals surface area (Å²) in [5.74, 6) is -0.203. The van der Waals surface area contributed by atoms with E-state index in [9.17, 15) is 9.59 Å². The van der Waals surface area contributed by atoms with Gasteiger partial charge in [0.15, 0.2) is 5.43 Å². The van der Waals surface area contributed by atoms with Gasteiger partial charge in [0.2, 0.25) is 5.91 Å². The second kappa shape index (κ2) is 7.48. The normalized spacial score (nSPS) is 10.8. The predicted molar refractivity (Wildman–Crippen MR) is 102 cm³/mol. The van der Waals surface area contributed by atoms with E-state index in [4.69, 9.17) is 34.8 Å². The Morgan fingerprint density at radius 1 is 1.00 bits per heavy atom. The molecule has 0 spiro atoms. The van der Waals surface area contributed by atoms with E-state index in [-0.39, 0.29) is 17.9 Å². The molecular weight excluding hydrogens is 383 g/mol. The number of nitrogens with one attached hydrogen (secondary N) is 1. The zero-order chi connectivity index (χ0) is 18.0. The Morgan fingerprint density at radius 2 is 1.72 bits per heavy atom. The van der Waals surface area contributed by atoms with Crippen LogP contribution < -0.4 is 10.7 Å². The van der Waals surface area contributed by atoms with E-state index >= 15 is 0 Å². The van der Waals surface area contributed by atoms with Crippen molar-refractivity contribution in [1.29, 1.82) is 0 Å². The van der Waals surface area contributed by atoms with Crippen molar-refractivity contribution in [1.82, 2.24) is 9.88 Å². The van der Waals surface area contributed by atoms with Crippen LogP contribution in [-0.4, -0.2) is 10.5 Å². The number of benzene rings is 2. The van der Waals surface area contributed by atoms with Gasteiger partial charge in [-0.15, -0.1) is 0 Å². The van der Waals surface area contributed by atoms with Crippen LogP contribution in [0.4, 0.5) is 0 Å². The zero-order valence-corrected chi connectivity index (χ0v) is 15.2. The molecule has 0 saturated heterocycles. The van der Waals surface area contributed by atoms with E-state index in [1.807, 2.05) is 0 Å². The average molecular weight is 396 g/mol. The molecule has 4 nitrogen and oxygen atoms in total. The third kappa shape index (κ3) is 4.15. The molecule has 0 fully saturated rings. The lowest BCUT2D eigenvalue weighted by atomic mass is 10.2. The molecule has 25 heavy (non-hydrogen) atoms. The highest BCUT2D eigenvalue weighted by atomic mass is 35.5. The molecule has 0 radical (unpaired) electrons. The zero-order valence-electron chi connectivity index (χ0n) is 12.9. The quantitative estimate of drug-likeness (QED) is 0.717. The first kappa shape index (κ1) is 17.8.